The van der Waals surface area contributed by atoms with Crippen molar-refractivity contribution in [3.63, 3.8) is 0 Å². The van der Waals surface area contributed by atoms with E-state index < -0.39 is 0 Å². The molecule has 2 heteroatoms. The van der Waals surface area contributed by atoms with Gasteiger partial charge in [0.25, 0.3) is 0 Å². The van der Waals surface area contributed by atoms with Gasteiger partial charge in [0.15, 0.2) is 0 Å². The van der Waals surface area contributed by atoms with E-state index in [0.29, 0.717) is 6.54 Å². The standard InChI is InChI=1S/C29H38N2.C2H6/c1-8-13-14-19-25(23(6)12-5)22-30-28(18-11-4)29-21-15-20-27(31-29)26(17-10-3)24(7)16-9-2;1-2/h8-13,15,17-21H,2,14,16,22H2,1,3-7H3;1-2H3/b13-8-,17-10-,18-11-,23-12-,25-19?,26-24+,30-28?;. The lowest BCUT2D eigenvalue weighted by molar-refractivity contribution is 1.10. The van der Waals surface area contributed by atoms with Crippen molar-refractivity contribution >= 4 is 11.3 Å². The molecule has 1 aromatic heterocycles. The predicted octanol–water partition coefficient (Wildman–Crippen LogP) is 9.26. The quantitative estimate of drug-likeness (QED) is 0.190. The van der Waals surface area contributed by atoms with Crippen LogP contribution in [0.25, 0.3) is 5.57 Å². The molecule has 0 saturated heterocycles. The second kappa shape index (κ2) is 18.6. The topological polar surface area (TPSA) is 25.2 Å². The molecule has 0 saturated carbocycles. The molecule has 0 aliphatic heterocycles. The third-order valence-electron chi connectivity index (χ3n) is 4.95. The highest BCUT2D eigenvalue weighted by Gasteiger charge is 2.08. The molecule has 0 fully saturated rings. The van der Waals surface area contributed by atoms with Crippen LogP contribution in [0.1, 0.15) is 79.6 Å². The van der Waals surface area contributed by atoms with Gasteiger partial charge in [-0.15, -0.1) is 6.58 Å². The highest BCUT2D eigenvalue weighted by atomic mass is 14.8. The molecular weight excluding hydrogens is 400 g/mol. The van der Waals surface area contributed by atoms with Gasteiger partial charge in [-0.2, -0.15) is 0 Å². The van der Waals surface area contributed by atoms with Gasteiger partial charge < -0.3 is 0 Å². The van der Waals surface area contributed by atoms with Crippen LogP contribution in [0.15, 0.2) is 101 Å². The van der Waals surface area contributed by atoms with Crippen LogP contribution in [0.5, 0.6) is 0 Å². The van der Waals surface area contributed by atoms with Gasteiger partial charge in [-0.1, -0.05) is 79.7 Å². The maximum Gasteiger partial charge on any atom is 0.0889 e. The Morgan fingerprint density at radius 1 is 0.970 bits per heavy atom. The zero-order valence-electron chi connectivity index (χ0n) is 22.2. The van der Waals surface area contributed by atoms with Crippen LogP contribution in [0.4, 0.5) is 0 Å². The van der Waals surface area contributed by atoms with Gasteiger partial charge in [0.1, 0.15) is 0 Å². The number of hydrogen-bond acceptors (Lipinski definition) is 2. The smallest absolute Gasteiger partial charge is 0.0889 e. The van der Waals surface area contributed by atoms with E-state index in [0.717, 1.165) is 35.5 Å². The molecule has 0 aromatic carbocycles. The number of nitrogens with zero attached hydrogens (tertiary/aromatic N) is 2. The van der Waals surface area contributed by atoms with E-state index in [-0.39, 0.29) is 0 Å². The summed E-state index contributed by atoms with van der Waals surface area (Å²) < 4.78 is 0. The summed E-state index contributed by atoms with van der Waals surface area (Å²) in [4.78, 5) is 9.90. The van der Waals surface area contributed by atoms with Crippen LogP contribution in [0.2, 0.25) is 0 Å². The summed E-state index contributed by atoms with van der Waals surface area (Å²) in [5, 5.41) is 0. The Hall–Kier alpha value is -3.00. The minimum absolute atomic E-state index is 0.631. The number of aromatic nitrogens is 1. The molecule has 0 N–H and O–H groups in total. The van der Waals surface area contributed by atoms with Crippen LogP contribution in [0.3, 0.4) is 0 Å². The molecule has 0 spiro atoms. The van der Waals surface area contributed by atoms with Crippen molar-refractivity contribution < 1.29 is 0 Å². The van der Waals surface area contributed by atoms with E-state index in [2.05, 4.69) is 75.9 Å². The molecule has 1 heterocycles. The first-order valence-corrected chi connectivity index (χ1v) is 12.0. The second-order valence-corrected chi connectivity index (χ2v) is 7.30. The normalized spacial score (nSPS) is 14.0. The van der Waals surface area contributed by atoms with Crippen molar-refractivity contribution in [1.82, 2.24) is 4.98 Å². The largest absolute Gasteiger partial charge is 0.278 e. The summed E-state index contributed by atoms with van der Waals surface area (Å²) in [6.07, 6.45) is 20.5. The molecule has 1 rings (SSSR count). The molecule has 0 radical (unpaired) electrons. The van der Waals surface area contributed by atoms with Crippen LogP contribution in [-0.2, 0) is 0 Å². The first-order chi connectivity index (χ1) is 16.0. The molecule has 0 unspecified atom stereocenters. The molecule has 2 nitrogen and oxygen atoms in total. The van der Waals surface area contributed by atoms with Crippen molar-refractivity contribution in [2.45, 2.75) is 68.2 Å². The van der Waals surface area contributed by atoms with Gasteiger partial charge in [0.2, 0.25) is 0 Å². The number of hydrogen-bond donors (Lipinski definition) is 0. The van der Waals surface area contributed by atoms with Crippen molar-refractivity contribution in [3.05, 3.63) is 108 Å². The minimum Gasteiger partial charge on any atom is -0.278 e. The molecular formula is C31H44N2. The average molecular weight is 445 g/mol. The van der Waals surface area contributed by atoms with Gasteiger partial charge in [0.05, 0.1) is 23.6 Å². The number of pyridine rings is 1. The summed E-state index contributed by atoms with van der Waals surface area (Å²) >= 11 is 0. The fourth-order valence-electron chi connectivity index (χ4n) is 3.10. The number of rotatable bonds is 11. The molecule has 0 atom stereocenters. The van der Waals surface area contributed by atoms with E-state index >= 15 is 0 Å². The van der Waals surface area contributed by atoms with E-state index in [1.54, 1.807) is 0 Å². The Morgan fingerprint density at radius 3 is 2.21 bits per heavy atom. The lowest BCUT2D eigenvalue weighted by Crippen LogP contribution is -2.05. The van der Waals surface area contributed by atoms with E-state index in [1.807, 2.05) is 58.9 Å². The molecule has 178 valence electrons. The lowest BCUT2D eigenvalue weighted by atomic mass is 10.0. The Balaban J connectivity index is 0.00000497. The molecule has 0 bridgehead atoms. The van der Waals surface area contributed by atoms with Crippen LogP contribution >= 0.6 is 0 Å². The summed E-state index contributed by atoms with van der Waals surface area (Å²) in [5.74, 6) is 0. The fraction of sp³-hybridized carbons (Fsp3) is 0.355. The Kier molecular flexibility index (Phi) is 16.9. The van der Waals surface area contributed by atoms with Crippen LogP contribution < -0.4 is 0 Å². The fourth-order valence-corrected chi connectivity index (χ4v) is 3.10. The van der Waals surface area contributed by atoms with Crippen LogP contribution in [0, 0.1) is 0 Å². The van der Waals surface area contributed by atoms with Gasteiger partial charge in [-0.25, -0.2) is 4.98 Å². The molecule has 33 heavy (non-hydrogen) atoms. The third-order valence-corrected chi connectivity index (χ3v) is 4.95. The molecule has 1 aromatic rings. The zero-order chi connectivity index (χ0) is 25.1. The first kappa shape index (κ1) is 30.0. The van der Waals surface area contributed by atoms with Gasteiger partial charge in [0, 0.05) is 0 Å². The van der Waals surface area contributed by atoms with Crippen molar-refractivity contribution in [1.29, 1.82) is 0 Å². The summed E-state index contributed by atoms with van der Waals surface area (Å²) in [5.41, 5.74) is 7.63. The average Bonchev–Trinajstić information content (AvgIpc) is 2.84. The SMILES string of the molecule is C=CC/C(C)=C(\C=C/C)c1cccc(C(/C=C\C)=NCC(=CC/C=C\C)/C(C)=C\C)n1.CC. The monoisotopic (exact) mass is 444 g/mol. The highest BCUT2D eigenvalue weighted by molar-refractivity contribution is 6.07. The highest BCUT2D eigenvalue weighted by Crippen LogP contribution is 2.22. The number of aliphatic imine (C=N–C) groups is 1. The maximum atomic E-state index is 4.96. The Morgan fingerprint density at radius 2 is 1.64 bits per heavy atom. The van der Waals surface area contributed by atoms with Crippen molar-refractivity contribution in [3.8, 4) is 0 Å². The molecule has 0 amide bonds. The number of allylic oxidation sites excluding steroid dienone is 11. The summed E-state index contributed by atoms with van der Waals surface area (Å²) in [7, 11) is 0. The van der Waals surface area contributed by atoms with E-state index in [1.165, 1.54) is 16.7 Å². The maximum absolute atomic E-state index is 4.96. The van der Waals surface area contributed by atoms with Gasteiger partial charge >= 0.3 is 0 Å². The minimum atomic E-state index is 0.631. The van der Waals surface area contributed by atoms with Crippen LogP contribution in [-0.4, -0.2) is 17.2 Å². The van der Waals surface area contributed by atoms with Crippen molar-refractivity contribution in [2.75, 3.05) is 6.54 Å². The molecule has 0 aliphatic rings. The molecule has 0 aliphatic carbocycles. The van der Waals surface area contributed by atoms with Gasteiger partial charge in [-0.3, -0.25) is 4.99 Å². The van der Waals surface area contributed by atoms with E-state index in [4.69, 9.17) is 9.98 Å². The Bertz CT molecular complexity index is 931. The second-order valence-electron chi connectivity index (χ2n) is 7.30. The summed E-state index contributed by atoms with van der Waals surface area (Å²) in [6.45, 7) is 20.9. The van der Waals surface area contributed by atoms with Crippen molar-refractivity contribution in [2.24, 2.45) is 4.99 Å². The zero-order valence-corrected chi connectivity index (χ0v) is 22.2. The van der Waals surface area contributed by atoms with Gasteiger partial charge in [-0.05, 0) is 83.7 Å². The Labute approximate surface area is 203 Å². The predicted molar refractivity (Wildman–Crippen MR) is 151 cm³/mol. The summed E-state index contributed by atoms with van der Waals surface area (Å²) in [6, 6.07) is 6.15. The lowest BCUT2D eigenvalue weighted by Gasteiger charge is -2.10. The van der Waals surface area contributed by atoms with E-state index in [9.17, 15) is 0 Å². The first-order valence-electron chi connectivity index (χ1n) is 12.0. The third kappa shape index (κ3) is 10.9.